The van der Waals surface area contributed by atoms with E-state index in [0.29, 0.717) is 18.5 Å². The molecule has 2 N–H and O–H groups in total. The van der Waals surface area contributed by atoms with E-state index in [1.165, 1.54) is 0 Å². The second-order valence-corrected chi connectivity index (χ2v) is 6.39. The Kier molecular flexibility index (Phi) is 5.89. The van der Waals surface area contributed by atoms with Gasteiger partial charge in [-0.25, -0.2) is 4.79 Å². The van der Waals surface area contributed by atoms with Crippen LogP contribution >= 0.6 is 0 Å². The molecule has 3 nitrogen and oxygen atoms in total. The Morgan fingerprint density at radius 1 is 1.24 bits per heavy atom. The SMILES string of the molecule is CCC(=CCNC(C)(C)CC(C)(C)C)C(=O)O. The molecule has 0 aliphatic carbocycles. The van der Waals surface area contributed by atoms with Gasteiger partial charge in [0, 0.05) is 17.7 Å². The smallest absolute Gasteiger partial charge is 0.331 e. The maximum absolute atomic E-state index is 10.8. The lowest BCUT2D eigenvalue weighted by atomic mass is 9.82. The zero-order valence-corrected chi connectivity index (χ0v) is 12.1. The maximum atomic E-state index is 10.8. The summed E-state index contributed by atoms with van der Waals surface area (Å²) < 4.78 is 0. The lowest BCUT2D eigenvalue weighted by Gasteiger charge is -2.33. The van der Waals surface area contributed by atoms with Gasteiger partial charge in [0.25, 0.3) is 0 Å². The fourth-order valence-electron chi connectivity index (χ4n) is 2.22. The van der Waals surface area contributed by atoms with Gasteiger partial charge in [0.2, 0.25) is 0 Å². The molecule has 0 unspecified atom stereocenters. The molecule has 0 bridgehead atoms. The first-order valence-electron chi connectivity index (χ1n) is 6.25. The van der Waals surface area contributed by atoms with Crippen LogP contribution in [0.1, 0.15) is 54.4 Å². The van der Waals surface area contributed by atoms with Crippen LogP contribution in [0, 0.1) is 5.41 Å². The highest BCUT2D eigenvalue weighted by atomic mass is 16.4. The molecule has 0 aromatic heterocycles. The minimum atomic E-state index is -0.817. The van der Waals surface area contributed by atoms with Gasteiger partial charge in [0.1, 0.15) is 0 Å². The second kappa shape index (κ2) is 6.20. The van der Waals surface area contributed by atoms with Crippen LogP contribution < -0.4 is 5.32 Å². The van der Waals surface area contributed by atoms with Crippen molar-refractivity contribution >= 4 is 5.97 Å². The van der Waals surface area contributed by atoms with Gasteiger partial charge in [-0.3, -0.25) is 0 Å². The third-order valence-corrected chi connectivity index (χ3v) is 2.56. The highest BCUT2D eigenvalue weighted by Gasteiger charge is 2.24. The molecule has 0 aliphatic heterocycles. The summed E-state index contributed by atoms with van der Waals surface area (Å²) in [4.78, 5) is 10.8. The molecule has 0 amide bonds. The van der Waals surface area contributed by atoms with Crippen molar-refractivity contribution in [1.82, 2.24) is 5.32 Å². The van der Waals surface area contributed by atoms with Gasteiger partial charge < -0.3 is 10.4 Å². The van der Waals surface area contributed by atoms with E-state index in [-0.39, 0.29) is 11.0 Å². The molecule has 0 aromatic carbocycles. The van der Waals surface area contributed by atoms with Crippen molar-refractivity contribution in [2.45, 2.75) is 59.9 Å². The normalized spacial score (nSPS) is 13.9. The Hall–Kier alpha value is -0.830. The fourth-order valence-corrected chi connectivity index (χ4v) is 2.22. The molecule has 0 atom stereocenters. The van der Waals surface area contributed by atoms with Crippen LogP contribution in [0.5, 0.6) is 0 Å². The predicted molar refractivity (Wildman–Crippen MR) is 72.2 cm³/mol. The number of aliphatic carboxylic acids is 1. The van der Waals surface area contributed by atoms with E-state index in [1.807, 2.05) is 6.92 Å². The van der Waals surface area contributed by atoms with Gasteiger partial charge in [-0.15, -0.1) is 0 Å². The van der Waals surface area contributed by atoms with E-state index < -0.39 is 5.97 Å². The van der Waals surface area contributed by atoms with Crippen LogP contribution in [-0.2, 0) is 4.79 Å². The monoisotopic (exact) mass is 241 g/mol. The summed E-state index contributed by atoms with van der Waals surface area (Å²) in [6.45, 7) is 13.4. The largest absolute Gasteiger partial charge is 0.478 e. The summed E-state index contributed by atoms with van der Waals surface area (Å²) in [5, 5.41) is 12.3. The van der Waals surface area contributed by atoms with E-state index in [4.69, 9.17) is 5.11 Å². The minimum absolute atomic E-state index is 0.0199. The van der Waals surface area contributed by atoms with Crippen molar-refractivity contribution in [2.75, 3.05) is 6.54 Å². The van der Waals surface area contributed by atoms with Crippen molar-refractivity contribution in [2.24, 2.45) is 5.41 Å². The van der Waals surface area contributed by atoms with E-state index >= 15 is 0 Å². The van der Waals surface area contributed by atoms with Crippen LogP contribution in [0.25, 0.3) is 0 Å². The third kappa shape index (κ3) is 7.97. The van der Waals surface area contributed by atoms with Crippen LogP contribution in [-0.4, -0.2) is 23.2 Å². The first-order valence-corrected chi connectivity index (χ1v) is 6.25. The van der Waals surface area contributed by atoms with Crippen molar-refractivity contribution in [3.05, 3.63) is 11.6 Å². The molecule has 0 aromatic rings. The predicted octanol–water partition coefficient (Wildman–Crippen LogP) is 3.21. The zero-order valence-electron chi connectivity index (χ0n) is 12.1. The topological polar surface area (TPSA) is 49.3 Å². The Bertz CT molecular complexity index is 285. The molecule has 3 heteroatoms. The van der Waals surface area contributed by atoms with E-state index in [9.17, 15) is 4.79 Å². The van der Waals surface area contributed by atoms with Gasteiger partial charge >= 0.3 is 5.97 Å². The summed E-state index contributed by atoms with van der Waals surface area (Å²) in [6, 6.07) is 0. The van der Waals surface area contributed by atoms with Crippen LogP contribution in [0.15, 0.2) is 11.6 Å². The van der Waals surface area contributed by atoms with Crippen LogP contribution in [0.2, 0.25) is 0 Å². The average Bonchev–Trinajstić information content (AvgIpc) is 2.07. The Morgan fingerprint density at radius 2 is 1.76 bits per heavy atom. The first-order chi connectivity index (χ1) is 7.57. The van der Waals surface area contributed by atoms with E-state index in [2.05, 4.69) is 39.9 Å². The highest BCUT2D eigenvalue weighted by molar-refractivity contribution is 5.86. The van der Waals surface area contributed by atoms with E-state index in [1.54, 1.807) is 6.08 Å². The number of hydrogen-bond donors (Lipinski definition) is 2. The molecule has 0 rings (SSSR count). The zero-order chi connectivity index (χ0) is 13.7. The van der Waals surface area contributed by atoms with Crippen molar-refractivity contribution < 1.29 is 9.90 Å². The summed E-state index contributed by atoms with van der Waals surface area (Å²) in [5.74, 6) is -0.817. The molecular weight excluding hydrogens is 214 g/mol. The lowest BCUT2D eigenvalue weighted by molar-refractivity contribution is -0.132. The van der Waals surface area contributed by atoms with Gasteiger partial charge in [-0.1, -0.05) is 33.8 Å². The Morgan fingerprint density at radius 3 is 2.12 bits per heavy atom. The molecule has 17 heavy (non-hydrogen) atoms. The number of carbonyl (C=O) groups is 1. The van der Waals surface area contributed by atoms with Gasteiger partial charge in [-0.2, -0.15) is 0 Å². The molecule has 0 aliphatic rings. The molecule has 0 fully saturated rings. The first kappa shape index (κ1) is 16.2. The average molecular weight is 241 g/mol. The van der Waals surface area contributed by atoms with Crippen molar-refractivity contribution in [3.63, 3.8) is 0 Å². The molecule has 0 heterocycles. The third-order valence-electron chi connectivity index (χ3n) is 2.56. The van der Waals surface area contributed by atoms with Gasteiger partial charge in [-0.05, 0) is 32.1 Å². The molecule has 0 radical (unpaired) electrons. The summed E-state index contributed by atoms with van der Waals surface area (Å²) in [7, 11) is 0. The second-order valence-electron chi connectivity index (χ2n) is 6.39. The summed E-state index contributed by atoms with van der Waals surface area (Å²) >= 11 is 0. The number of nitrogens with one attached hydrogen (secondary N) is 1. The minimum Gasteiger partial charge on any atom is -0.478 e. The summed E-state index contributed by atoms with van der Waals surface area (Å²) in [5.41, 5.74) is 0.760. The molecule has 100 valence electrons. The van der Waals surface area contributed by atoms with E-state index in [0.717, 1.165) is 6.42 Å². The number of carboxylic acid groups (broad SMARTS) is 1. The van der Waals surface area contributed by atoms with Crippen LogP contribution in [0.4, 0.5) is 0 Å². The highest BCUT2D eigenvalue weighted by Crippen LogP contribution is 2.26. The molecular formula is C14H27NO2. The standard InChI is InChI=1S/C14H27NO2/c1-7-11(12(16)17)8-9-15-14(5,6)10-13(2,3)4/h8,15H,7,9-10H2,1-6H3,(H,16,17). The Balaban J connectivity index is 4.32. The molecule has 0 saturated heterocycles. The quantitative estimate of drug-likeness (QED) is 0.702. The summed E-state index contributed by atoms with van der Waals surface area (Å²) in [6.07, 6.45) is 3.38. The number of carboxylic acids is 1. The van der Waals surface area contributed by atoms with Crippen LogP contribution in [0.3, 0.4) is 0 Å². The van der Waals surface area contributed by atoms with Gasteiger partial charge in [0.05, 0.1) is 0 Å². The Labute approximate surface area is 105 Å². The number of hydrogen-bond acceptors (Lipinski definition) is 2. The van der Waals surface area contributed by atoms with Gasteiger partial charge in [0.15, 0.2) is 0 Å². The van der Waals surface area contributed by atoms with Crippen molar-refractivity contribution in [1.29, 1.82) is 0 Å². The molecule has 0 spiro atoms. The maximum Gasteiger partial charge on any atom is 0.331 e. The number of rotatable bonds is 6. The lowest BCUT2D eigenvalue weighted by Crippen LogP contribution is -2.42. The molecule has 0 saturated carbocycles. The fraction of sp³-hybridized carbons (Fsp3) is 0.786. The van der Waals surface area contributed by atoms with Crippen molar-refractivity contribution in [3.8, 4) is 0 Å².